The monoisotopic (exact) mass is 305 g/mol. The van der Waals surface area contributed by atoms with E-state index in [1.807, 2.05) is 0 Å². The van der Waals surface area contributed by atoms with Crippen molar-refractivity contribution >= 4 is 16.0 Å². The lowest BCUT2D eigenvalue weighted by atomic mass is 10.3. The fraction of sp³-hybridized carbons (Fsp3) is 0.417. The fourth-order valence-corrected chi connectivity index (χ4v) is 2.49. The maximum atomic E-state index is 13.2. The summed E-state index contributed by atoms with van der Waals surface area (Å²) in [6, 6.07) is 5.74. The van der Waals surface area contributed by atoms with Crippen molar-refractivity contribution in [3.05, 3.63) is 30.1 Å². The molecule has 0 aliphatic rings. The van der Waals surface area contributed by atoms with Crippen LogP contribution in [0.15, 0.2) is 24.3 Å². The third kappa shape index (κ3) is 3.91. The lowest BCUT2D eigenvalue weighted by Gasteiger charge is -2.19. The van der Waals surface area contributed by atoms with E-state index in [2.05, 4.69) is 0 Å². The van der Waals surface area contributed by atoms with Crippen molar-refractivity contribution < 1.29 is 27.4 Å². The van der Waals surface area contributed by atoms with Crippen molar-refractivity contribution in [1.82, 2.24) is 4.31 Å². The summed E-state index contributed by atoms with van der Waals surface area (Å²) in [4.78, 5) is 10.7. The molecular weight excluding hydrogens is 289 g/mol. The molecule has 112 valence electrons. The van der Waals surface area contributed by atoms with Gasteiger partial charge in [-0.05, 0) is 19.1 Å². The van der Waals surface area contributed by atoms with Gasteiger partial charge in [0.25, 0.3) is 0 Å². The van der Waals surface area contributed by atoms with Crippen LogP contribution in [-0.2, 0) is 14.8 Å². The molecule has 1 aromatic carbocycles. The second-order valence-electron chi connectivity index (χ2n) is 4.13. The zero-order valence-electron chi connectivity index (χ0n) is 11.1. The fourth-order valence-electron chi connectivity index (χ4n) is 1.37. The molecule has 0 aliphatic carbocycles. The second kappa shape index (κ2) is 6.67. The van der Waals surface area contributed by atoms with Crippen molar-refractivity contribution in [1.29, 1.82) is 0 Å². The van der Waals surface area contributed by atoms with E-state index in [0.717, 1.165) is 11.2 Å². The van der Waals surface area contributed by atoms with Crippen LogP contribution in [0.3, 0.4) is 0 Å². The van der Waals surface area contributed by atoms with Crippen molar-refractivity contribution in [3.8, 4) is 5.75 Å². The molecule has 0 spiro atoms. The van der Waals surface area contributed by atoms with Gasteiger partial charge in [0, 0.05) is 13.6 Å². The van der Waals surface area contributed by atoms with Gasteiger partial charge in [-0.1, -0.05) is 12.1 Å². The Morgan fingerprint density at radius 2 is 2.05 bits per heavy atom. The van der Waals surface area contributed by atoms with Gasteiger partial charge in [0.05, 0.1) is 0 Å². The summed E-state index contributed by atoms with van der Waals surface area (Å²) in [5.41, 5.74) is 0. The number of hydrogen-bond acceptors (Lipinski definition) is 4. The van der Waals surface area contributed by atoms with Crippen LogP contribution in [0.1, 0.15) is 6.92 Å². The molecule has 1 unspecified atom stereocenters. The highest BCUT2D eigenvalue weighted by molar-refractivity contribution is 7.90. The first-order valence-electron chi connectivity index (χ1n) is 5.82. The number of carbonyl (C=O) groups is 1. The van der Waals surface area contributed by atoms with Crippen LogP contribution in [0.2, 0.25) is 0 Å². The minimum absolute atomic E-state index is 0.0181. The highest BCUT2D eigenvalue weighted by atomic mass is 32.2. The van der Waals surface area contributed by atoms with Crippen molar-refractivity contribution in [2.45, 2.75) is 12.2 Å². The van der Waals surface area contributed by atoms with Gasteiger partial charge in [0.2, 0.25) is 10.0 Å². The molecule has 8 heteroatoms. The molecule has 0 heterocycles. The Morgan fingerprint density at radius 3 is 2.60 bits per heavy atom. The van der Waals surface area contributed by atoms with Crippen LogP contribution < -0.4 is 4.74 Å². The van der Waals surface area contributed by atoms with Crippen molar-refractivity contribution in [2.75, 3.05) is 20.2 Å². The number of carboxylic acids is 1. The molecule has 0 radical (unpaired) electrons. The van der Waals surface area contributed by atoms with Crippen molar-refractivity contribution in [2.24, 2.45) is 0 Å². The molecule has 0 bridgehead atoms. The number of aliphatic carboxylic acids is 1. The number of sulfonamides is 1. The molecule has 1 aromatic rings. The molecule has 1 atom stereocenters. The second-order valence-corrected chi connectivity index (χ2v) is 6.49. The summed E-state index contributed by atoms with van der Waals surface area (Å²) in [5, 5.41) is 7.18. The summed E-state index contributed by atoms with van der Waals surface area (Å²) in [7, 11) is -2.69. The zero-order chi connectivity index (χ0) is 15.3. The van der Waals surface area contributed by atoms with Gasteiger partial charge in [-0.3, -0.25) is 4.79 Å². The van der Waals surface area contributed by atoms with E-state index in [1.54, 1.807) is 6.07 Å². The number of hydrogen-bond donors (Lipinski definition) is 1. The van der Waals surface area contributed by atoms with Gasteiger partial charge >= 0.3 is 5.97 Å². The van der Waals surface area contributed by atoms with E-state index >= 15 is 0 Å². The maximum Gasteiger partial charge on any atom is 0.323 e. The Hall–Kier alpha value is -1.67. The first-order chi connectivity index (χ1) is 9.26. The van der Waals surface area contributed by atoms with Gasteiger partial charge in [0.1, 0.15) is 6.61 Å². The zero-order valence-corrected chi connectivity index (χ0v) is 11.9. The Morgan fingerprint density at radius 1 is 1.45 bits per heavy atom. The summed E-state index contributed by atoms with van der Waals surface area (Å²) in [5.74, 6) is -1.95. The first kappa shape index (κ1) is 16.4. The first-order valence-corrected chi connectivity index (χ1v) is 7.32. The van der Waals surface area contributed by atoms with Gasteiger partial charge in [-0.15, -0.1) is 0 Å². The lowest BCUT2D eigenvalue weighted by Crippen LogP contribution is -2.40. The Bertz CT molecular complexity index is 575. The molecule has 0 saturated heterocycles. The predicted octanol–water partition coefficient (Wildman–Crippen LogP) is 0.939. The minimum atomic E-state index is -3.94. The molecular formula is C12H16FNO5S. The number of para-hydroxylation sites is 1. The number of rotatable bonds is 7. The van der Waals surface area contributed by atoms with Gasteiger partial charge in [0.15, 0.2) is 16.8 Å². The Labute approximate surface area is 116 Å². The third-order valence-corrected chi connectivity index (χ3v) is 4.88. The minimum Gasteiger partial charge on any atom is -0.489 e. The van der Waals surface area contributed by atoms with E-state index in [4.69, 9.17) is 9.84 Å². The standard InChI is InChI=1S/C12H16FNO5S/c1-9(12(15)16)20(17,18)14(2)7-8-19-11-6-4-3-5-10(11)13/h3-6,9H,7-8H2,1-2H3,(H,15,16). The van der Waals surface area contributed by atoms with Crippen LogP contribution in [0, 0.1) is 5.82 Å². The summed E-state index contributed by atoms with van der Waals surface area (Å²) in [6.07, 6.45) is 0. The molecule has 0 aliphatic heterocycles. The smallest absolute Gasteiger partial charge is 0.323 e. The molecule has 0 amide bonds. The van der Waals surface area contributed by atoms with Crippen molar-refractivity contribution in [3.63, 3.8) is 0 Å². The van der Waals surface area contributed by atoms with E-state index < -0.39 is 27.1 Å². The average molecular weight is 305 g/mol. The average Bonchev–Trinajstić information content (AvgIpc) is 2.39. The summed E-state index contributed by atoms with van der Waals surface area (Å²) in [6.45, 7) is 0.934. The molecule has 0 fully saturated rings. The molecule has 6 nitrogen and oxygen atoms in total. The van der Waals surface area contributed by atoms with Crippen LogP contribution in [-0.4, -0.2) is 49.2 Å². The van der Waals surface area contributed by atoms with Gasteiger partial charge in [-0.25, -0.2) is 17.1 Å². The Kier molecular flexibility index (Phi) is 5.46. The predicted molar refractivity (Wildman–Crippen MR) is 70.5 cm³/mol. The van der Waals surface area contributed by atoms with Crippen LogP contribution >= 0.6 is 0 Å². The molecule has 20 heavy (non-hydrogen) atoms. The summed E-state index contributed by atoms with van der Waals surface area (Å²) < 4.78 is 42.8. The summed E-state index contributed by atoms with van der Waals surface area (Å²) >= 11 is 0. The van der Waals surface area contributed by atoms with Gasteiger partial charge < -0.3 is 9.84 Å². The maximum absolute atomic E-state index is 13.2. The number of ether oxygens (including phenoxy) is 1. The normalized spacial score (nSPS) is 13.2. The highest BCUT2D eigenvalue weighted by Crippen LogP contribution is 2.15. The Balaban J connectivity index is 2.58. The van der Waals surface area contributed by atoms with E-state index in [0.29, 0.717) is 0 Å². The quantitative estimate of drug-likeness (QED) is 0.810. The van der Waals surface area contributed by atoms with Crippen LogP contribution in [0.4, 0.5) is 4.39 Å². The van der Waals surface area contributed by atoms with Gasteiger partial charge in [-0.2, -0.15) is 0 Å². The number of benzene rings is 1. The van der Waals surface area contributed by atoms with E-state index in [9.17, 15) is 17.6 Å². The molecule has 0 aromatic heterocycles. The third-order valence-electron chi connectivity index (χ3n) is 2.73. The lowest BCUT2D eigenvalue weighted by molar-refractivity contribution is -0.136. The number of nitrogens with zero attached hydrogens (tertiary/aromatic N) is 1. The van der Waals surface area contributed by atoms with E-state index in [1.165, 1.54) is 25.2 Å². The molecule has 1 N–H and O–H groups in total. The van der Waals surface area contributed by atoms with Crippen LogP contribution in [0.5, 0.6) is 5.75 Å². The van der Waals surface area contributed by atoms with E-state index in [-0.39, 0.29) is 18.9 Å². The molecule has 0 saturated carbocycles. The number of carboxylic acid groups (broad SMARTS) is 1. The highest BCUT2D eigenvalue weighted by Gasteiger charge is 2.31. The SMILES string of the molecule is CC(C(=O)O)S(=O)(=O)N(C)CCOc1ccccc1F. The largest absolute Gasteiger partial charge is 0.489 e. The van der Waals surface area contributed by atoms with Crippen LogP contribution in [0.25, 0.3) is 0 Å². The topological polar surface area (TPSA) is 83.9 Å². The number of halogens is 1. The molecule has 1 rings (SSSR count). The number of likely N-dealkylation sites (N-methyl/N-ethyl adjacent to an activating group) is 1.